The second-order valence-electron chi connectivity index (χ2n) is 4.25. The second-order valence-corrected chi connectivity index (χ2v) is 4.66. The molecule has 1 aromatic carbocycles. The molecule has 0 saturated heterocycles. The predicted octanol–water partition coefficient (Wildman–Crippen LogP) is 3.56. The number of methoxy groups -OCH3 is 1. The Morgan fingerprint density at radius 1 is 1.18 bits per heavy atom. The quantitative estimate of drug-likeness (QED) is 0.889. The topological polar surface area (TPSA) is 35.2 Å². The third-order valence-corrected chi connectivity index (χ3v) is 2.59. The highest BCUT2D eigenvalue weighted by atomic mass is 35.5. The Hall–Kier alpha value is -0.940. The fraction of sp³-hybridized carbons (Fsp3) is 0.455. The van der Waals surface area contributed by atoms with Crippen molar-refractivity contribution in [2.75, 3.05) is 7.11 Å². The van der Waals surface area contributed by atoms with Gasteiger partial charge in [-0.05, 0) is 31.5 Å². The highest BCUT2D eigenvalue weighted by Crippen LogP contribution is 2.40. The minimum absolute atomic E-state index is 0.0213. The van der Waals surface area contributed by atoms with Gasteiger partial charge in [0.05, 0.1) is 17.7 Å². The first-order valence-electron chi connectivity index (χ1n) is 4.81. The van der Waals surface area contributed by atoms with E-state index in [0.717, 1.165) is 6.07 Å². The van der Waals surface area contributed by atoms with E-state index in [-0.39, 0.29) is 16.3 Å². The normalized spacial score (nSPS) is 12.7. The van der Waals surface area contributed by atoms with Crippen LogP contribution >= 0.6 is 11.6 Å². The van der Waals surface area contributed by atoms with Gasteiger partial charge in [-0.1, -0.05) is 11.6 Å². The Bertz CT molecular complexity index is 424. The van der Waals surface area contributed by atoms with Crippen molar-refractivity contribution in [3.63, 3.8) is 0 Å². The molecule has 0 amide bonds. The summed E-state index contributed by atoms with van der Waals surface area (Å²) in [5.41, 5.74) is 3.69. The van der Waals surface area contributed by atoms with E-state index in [1.54, 1.807) is 0 Å². The number of rotatable bonds is 2. The van der Waals surface area contributed by atoms with Crippen LogP contribution in [0.3, 0.4) is 0 Å². The van der Waals surface area contributed by atoms with Gasteiger partial charge in [0.25, 0.3) is 0 Å². The Kier molecular flexibility index (Phi) is 3.64. The van der Waals surface area contributed by atoms with Crippen molar-refractivity contribution in [1.82, 2.24) is 0 Å². The van der Waals surface area contributed by atoms with E-state index >= 15 is 0 Å². The molecule has 0 fully saturated rings. The van der Waals surface area contributed by atoms with E-state index in [2.05, 4.69) is 0 Å². The number of alkyl halides is 3. The molecule has 0 unspecified atom stereocenters. The molecule has 0 bridgehead atoms. The highest BCUT2D eigenvalue weighted by molar-refractivity contribution is 6.32. The summed E-state index contributed by atoms with van der Waals surface area (Å²) in [6, 6.07) is 2.06. The molecular weight excluding hydrogens is 255 g/mol. The van der Waals surface area contributed by atoms with Gasteiger partial charge in [0.1, 0.15) is 5.75 Å². The van der Waals surface area contributed by atoms with E-state index < -0.39 is 17.3 Å². The maximum absolute atomic E-state index is 12.9. The van der Waals surface area contributed by atoms with Crippen molar-refractivity contribution in [2.45, 2.75) is 25.6 Å². The summed E-state index contributed by atoms with van der Waals surface area (Å²) in [4.78, 5) is 0. The zero-order valence-electron chi connectivity index (χ0n) is 9.65. The van der Waals surface area contributed by atoms with Crippen LogP contribution in [-0.4, -0.2) is 7.11 Å². The minimum Gasteiger partial charge on any atom is -0.495 e. The predicted molar refractivity (Wildman–Crippen MR) is 60.2 cm³/mol. The van der Waals surface area contributed by atoms with Gasteiger partial charge >= 0.3 is 6.18 Å². The molecular formula is C11H13ClF3NO. The van der Waals surface area contributed by atoms with Gasteiger partial charge in [0.15, 0.2) is 0 Å². The standard InChI is InChI=1S/C11H13ClF3NO/c1-10(2,16)6-4-8(12)9(17-3)5-7(6)11(13,14)15/h4-5H,16H2,1-3H3. The number of nitrogens with two attached hydrogens (primary N) is 1. The largest absolute Gasteiger partial charge is 0.495 e. The van der Waals surface area contributed by atoms with Crippen LogP contribution in [0, 0.1) is 0 Å². The van der Waals surface area contributed by atoms with Gasteiger partial charge in [-0.25, -0.2) is 0 Å². The van der Waals surface area contributed by atoms with E-state index in [9.17, 15) is 13.2 Å². The monoisotopic (exact) mass is 267 g/mol. The lowest BCUT2D eigenvalue weighted by Gasteiger charge is -2.25. The zero-order chi connectivity index (χ0) is 13.4. The Morgan fingerprint density at radius 2 is 1.71 bits per heavy atom. The number of halogens is 4. The molecule has 0 aliphatic carbocycles. The first-order chi connectivity index (χ1) is 7.57. The summed E-state index contributed by atoms with van der Waals surface area (Å²) < 4.78 is 43.4. The summed E-state index contributed by atoms with van der Waals surface area (Å²) in [5, 5.41) is 0.106. The van der Waals surface area contributed by atoms with Gasteiger partial charge in [-0.2, -0.15) is 13.2 Å². The van der Waals surface area contributed by atoms with E-state index in [0.29, 0.717) is 0 Å². The van der Waals surface area contributed by atoms with Crippen LogP contribution in [-0.2, 0) is 11.7 Å². The first kappa shape index (κ1) is 14.1. The van der Waals surface area contributed by atoms with Crippen LogP contribution in [0.5, 0.6) is 5.75 Å². The molecule has 0 aliphatic rings. The Morgan fingerprint density at radius 3 is 2.06 bits per heavy atom. The Labute approximate surface area is 103 Å². The SMILES string of the molecule is COc1cc(C(F)(F)F)c(C(C)(C)N)cc1Cl. The first-order valence-corrected chi connectivity index (χ1v) is 5.19. The average Bonchev–Trinajstić information content (AvgIpc) is 2.14. The van der Waals surface area contributed by atoms with Gasteiger partial charge < -0.3 is 10.5 Å². The number of hydrogen-bond acceptors (Lipinski definition) is 2. The molecule has 17 heavy (non-hydrogen) atoms. The van der Waals surface area contributed by atoms with Gasteiger partial charge in [0, 0.05) is 5.54 Å². The van der Waals surface area contributed by atoms with Crippen LogP contribution in [0.2, 0.25) is 5.02 Å². The molecule has 0 radical (unpaired) electrons. The fourth-order valence-electron chi connectivity index (χ4n) is 1.48. The van der Waals surface area contributed by atoms with Gasteiger partial charge in [-0.15, -0.1) is 0 Å². The summed E-state index contributed by atoms with van der Waals surface area (Å²) >= 11 is 5.81. The van der Waals surface area contributed by atoms with Crippen molar-refractivity contribution in [1.29, 1.82) is 0 Å². The van der Waals surface area contributed by atoms with Gasteiger partial charge in [-0.3, -0.25) is 0 Å². The minimum atomic E-state index is -4.50. The molecule has 0 spiro atoms. The van der Waals surface area contributed by atoms with Crippen LogP contribution in [0.25, 0.3) is 0 Å². The lowest BCUT2D eigenvalue weighted by atomic mass is 9.90. The molecule has 2 nitrogen and oxygen atoms in total. The van der Waals surface area contributed by atoms with Crippen LogP contribution < -0.4 is 10.5 Å². The summed E-state index contributed by atoms with van der Waals surface area (Å²) in [6.45, 7) is 2.97. The second kappa shape index (κ2) is 4.38. The average molecular weight is 268 g/mol. The highest BCUT2D eigenvalue weighted by Gasteiger charge is 2.37. The van der Waals surface area contributed by atoms with Crippen LogP contribution in [0.1, 0.15) is 25.0 Å². The molecule has 0 aliphatic heterocycles. The van der Waals surface area contributed by atoms with Crippen molar-refractivity contribution in [3.05, 3.63) is 28.3 Å². The van der Waals surface area contributed by atoms with E-state index in [1.165, 1.54) is 27.0 Å². The summed E-state index contributed by atoms with van der Waals surface area (Å²) in [5.74, 6) is -0.0213. The third kappa shape index (κ3) is 3.04. The molecule has 0 aromatic heterocycles. The zero-order valence-corrected chi connectivity index (χ0v) is 10.4. The molecule has 96 valence electrons. The lowest BCUT2D eigenvalue weighted by Crippen LogP contribution is -2.31. The van der Waals surface area contributed by atoms with E-state index in [4.69, 9.17) is 22.1 Å². The number of hydrogen-bond donors (Lipinski definition) is 1. The molecule has 1 rings (SSSR count). The fourth-order valence-corrected chi connectivity index (χ4v) is 1.72. The molecule has 6 heteroatoms. The molecule has 1 aromatic rings. The van der Waals surface area contributed by atoms with E-state index in [1.807, 2.05) is 0 Å². The van der Waals surface area contributed by atoms with Crippen molar-refractivity contribution in [2.24, 2.45) is 5.73 Å². The van der Waals surface area contributed by atoms with Crippen LogP contribution in [0.4, 0.5) is 13.2 Å². The number of benzene rings is 1. The summed E-state index contributed by atoms with van der Waals surface area (Å²) in [7, 11) is 1.26. The maximum Gasteiger partial charge on any atom is 0.416 e. The van der Waals surface area contributed by atoms with Crippen molar-refractivity contribution < 1.29 is 17.9 Å². The molecule has 0 atom stereocenters. The molecule has 2 N–H and O–H groups in total. The lowest BCUT2D eigenvalue weighted by molar-refractivity contribution is -0.138. The Balaban J connectivity index is 3.54. The number of ether oxygens (including phenoxy) is 1. The summed E-state index contributed by atoms with van der Waals surface area (Å²) in [6.07, 6.45) is -4.50. The third-order valence-electron chi connectivity index (χ3n) is 2.29. The van der Waals surface area contributed by atoms with Gasteiger partial charge in [0.2, 0.25) is 0 Å². The molecule has 0 saturated carbocycles. The van der Waals surface area contributed by atoms with Crippen molar-refractivity contribution >= 4 is 11.6 Å². The molecule has 0 heterocycles. The van der Waals surface area contributed by atoms with Crippen LogP contribution in [0.15, 0.2) is 12.1 Å². The van der Waals surface area contributed by atoms with Crippen molar-refractivity contribution in [3.8, 4) is 5.75 Å². The maximum atomic E-state index is 12.9. The smallest absolute Gasteiger partial charge is 0.416 e.